The minimum absolute atomic E-state index is 0.0535. The SMILES string of the molecule is C=C(Br)/C=C(/N=C/C(=O)N1CCc2ccccc2C1C)N(C)/C(=C\C)C1CC1. The third-order valence-corrected chi connectivity index (χ3v) is 5.72. The summed E-state index contributed by atoms with van der Waals surface area (Å²) in [6.45, 7) is 8.74. The summed E-state index contributed by atoms with van der Waals surface area (Å²) in [5, 5.41) is 0. The Hall–Kier alpha value is -2.14. The quantitative estimate of drug-likeness (QED) is 0.449. The second-order valence-electron chi connectivity index (χ2n) is 7.41. The van der Waals surface area contributed by atoms with Gasteiger partial charge in [-0.15, -0.1) is 0 Å². The van der Waals surface area contributed by atoms with E-state index in [0.29, 0.717) is 18.3 Å². The van der Waals surface area contributed by atoms with Crippen LogP contribution >= 0.6 is 15.9 Å². The van der Waals surface area contributed by atoms with Crippen LogP contribution in [0.3, 0.4) is 0 Å². The van der Waals surface area contributed by atoms with Gasteiger partial charge in [0.25, 0.3) is 5.91 Å². The summed E-state index contributed by atoms with van der Waals surface area (Å²) in [4.78, 5) is 21.4. The van der Waals surface area contributed by atoms with Gasteiger partial charge in [-0.2, -0.15) is 0 Å². The number of allylic oxidation sites excluding steroid dienone is 4. The van der Waals surface area contributed by atoms with Crippen molar-refractivity contribution in [2.75, 3.05) is 13.6 Å². The number of rotatable bonds is 6. The molecule has 1 aliphatic heterocycles. The number of aliphatic imine (C=N–C) groups is 1. The maximum Gasteiger partial charge on any atom is 0.265 e. The summed E-state index contributed by atoms with van der Waals surface area (Å²) in [6.07, 6.45) is 8.72. The van der Waals surface area contributed by atoms with Gasteiger partial charge >= 0.3 is 0 Å². The molecule has 4 nitrogen and oxygen atoms in total. The number of hydrogen-bond donors (Lipinski definition) is 0. The van der Waals surface area contributed by atoms with Gasteiger partial charge in [-0.25, -0.2) is 4.99 Å². The van der Waals surface area contributed by atoms with Crippen molar-refractivity contribution in [3.63, 3.8) is 0 Å². The molecule has 2 aliphatic rings. The molecular weight excluding hydrogens is 414 g/mol. The van der Waals surface area contributed by atoms with E-state index in [1.807, 2.05) is 31.0 Å². The van der Waals surface area contributed by atoms with Gasteiger partial charge in [-0.1, -0.05) is 52.9 Å². The van der Waals surface area contributed by atoms with E-state index in [-0.39, 0.29) is 11.9 Å². The van der Waals surface area contributed by atoms with Crippen molar-refractivity contribution in [1.82, 2.24) is 9.80 Å². The average Bonchev–Trinajstić information content (AvgIpc) is 3.50. The Balaban J connectivity index is 1.77. The Morgan fingerprint density at radius 3 is 2.71 bits per heavy atom. The molecule has 28 heavy (non-hydrogen) atoms. The van der Waals surface area contributed by atoms with Gasteiger partial charge in [0.15, 0.2) is 0 Å². The van der Waals surface area contributed by atoms with Crippen LogP contribution < -0.4 is 0 Å². The number of hydrogen-bond acceptors (Lipinski definition) is 3. The lowest BCUT2D eigenvalue weighted by molar-refractivity contribution is -0.126. The molecule has 0 spiro atoms. The van der Waals surface area contributed by atoms with Crippen LogP contribution in [0.2, 0.25) is 0 Å². The smallest absolute Gasteiger partial charge is 0.265 e. The zero-order chi connectivity index (χ0) is 20.3. The standard InChI is InChI=1S/C23H28BrN3O/c1-5-21(19-10-11-19)26(4)22(14-16(2)24)25-15-23(28)27-13-12-18-8-6-7-9-20(18)17(27)3/h5-9,14-15,17,19H,2,10-13H2,1,3-4H3/b21-5-,22-14-,25-15+. The Labute approximate surface area is 176 Å². The second kappa shape index (κ2) is 8.91. The first-order valence-electron chi connectivity index (χ1n) is 9.81. The molecule has 5 heteroatoms. The van der Waals surface area contributed by atoms with Gasteiger partial charge in [0, 0.05) is 23.8 Å². The molecule has 0 aromatic heterocycles. The van der Waals surface area contributed by atoms with E-state index in [4.69, 9.17) is 0 Å². The van der Waals surface area contributed by atoms with E-state index in [1.54, 1.807) is 0 Å². The molecule has 1 heterocycles. The molecule has 0 bridgehead atoms. The highest BCUT2D eigenvalue weighted by Crippen LogP contribution is 2.39. The summed E-state index contributed by atoms with van der Waals surface area (Å²) < 4.78 is 0.727. The van der Waals surface area contributed by atoms with Crippen LogP contribution in [-0.4, -0.2) is 35.5 Å². The van der Waals surface area contributed by atoms with Crippen molar-refractivity contribution in [1.29, 1.82) is 0 Å². The molecule has 1 aromatic carbocycles. The fourth-order valence-corrected chi connectivity index (χ4v) is 4.05. The topological polar surface area (TPSA) is 35.9 Å². The molecule has 0 radical (unpaired) electrons. The number of carbonyl (C=O) groups excluding carboxylic acids is 1. The number of benzene rings is 1. The summed E-state index contributed by atoms with van der Waals surface area (Å²) >= 11 is 3.39. The molecule has 3 rings (SSSR count). The van der Waals surface area contributed by atoms with Gasteiger partial charge in [0.1, 0.15) is 5.82 Å². The van der Waals surface area contributed by atoms with Gasteiger partial charge < -0.3 is 9.80 Å². The van der Waals surface area contributed by atoms with Crippen molar-refractivity contribution >= 4 is 28.1 Å². The van der Waals surface area contributed by atoms with Crippen molar-refractivity contribution in [2.24, 2.45) is 10.9 Å². The molecule has 1 unspecified atom stereocenters. The largest absolute Gasteiger partial charge is 0.333 e. The van der Waals surface area contributed by atoms with Crippen LogP contribution in [0.15, 0.2) is 64.0 Å². The summed E-state index contributed by atoms with van der Waals surface area (Å²) in [6, 6.07) is 8.40. The Bertz CT molecular complexity index is 851. The normalized spacial score (nSPS) is 20.3. The van der Waals surface area contributed by atoms with E-state index < -0.39 is 0 Å². The lowest BCUT2D eigenvalue weighted by Gasteiger charge is -2.34. The molecule has 1 aromatic rings. The van der Waals surface area contributed by atoms with Crippen LogP contribution in [0.1, 0.15) is 43.9 Å². The van der Waals surface area contributed by atoms with E-state index in [2.05, 4.69) is 63.6 Å². The second-order valence-corrected chi connectivity index (χ2v) is 8.43. The minimum atomic E-state index is -0.0602. The number of halogens is 1. The Morgan fingerprint density at radius 1 is 1.36 bits per heavy atom. The van der Waals surface area contributed by atoms with Crippen LogP contribution in [0.5, 0.6) is 0 Å². The molecular formula is C23H28BrN3O. The fraction of sp³-hybridized carbons (Fsp3) is 0.391. The molecule has 1 aliphatic carbocycles. The van der Waals surface area contributed by atoms with Crippen LogP contribution in [0.4, 0.5) is 0 Å². The molecule has 1 fully saturated rings. The average molecular weight is 442 g/mol. The minimum Gasteiger partial charge on any atom is -0.333 e. The van der Waals surface area contributed by atoms with Crippen LogP contribution in [0.25, 0.3) is 0 Å². The lowest BCUT2D eigenvalue weighted by atomic mass is 9.94. The summed E-state index contributed by atoms with van der Waals surface area (Å²) in [5.74, 6) is 1.24. The summed E-state index contributed by atoms with van der Waals surface area (Å²) in [5.41, 5.74) is 3.79. The summed E-state index contributed by atoms with van der Waals surface area (Å²) in [7, 11) is 2.00. The molecule has 0 N–H and O–H groups in total. The van der Waals surface area contributed by atoms with E-state index in [0.717, 1.165) is 10.9 Å². The first-order valence-corrected chi connectivity index (χ1v) is 10.6. The first-order chi connectivity index (χ1) is 13.4. The van der Waals surface area contributed by atoms with Crippen molar-refractivity contribution in [2.45, 2.75) is 39.2 Å². The van der Waals surface area contributed by atoms with Crippen LogP contribution in [0, 0.1) is 5.92 Å². The Kier molecular flexibility index (Phi) is 6.55. The van der Waals surface area contributed by atoms with E-state index in [1.165, 1.54) is 35.9 Å². The monoisotopic (exact) mass is 441 g/mol. The zero-order valence-corrected chi connectivity index (χ0v) is 18.4. The van der Waals surface area contributed by atoms with Gasteiger partial charge in [0.05, 0.1) is 12.3 Å². The zero-order valence-electron chi connectivity index (χ0n) is 16.9. The van der Waals surface area contributed by atoms with Crippen LogP contribution in [-0.2, 0) is 11.2 Å². The third-order valence-electron chi connectivity index (χ3n) is 5.49. The number of fused-ring (bicyclic) bond motifs is 1. The van der Waals surface area contributed by atoms with E-state index >= 15 is 0 Å². The lowest BCUT2D eigenvalue weighted by Crippen LogP contribution is -2.39. The van der Waals surface area contributed by atoms with Gasteiger partial charge in [-0.05, 0) is 56.2 Å². The van der Waals surface area contributed by atoms with Crippen molar-refractivity contribution in [3.05, 3.63) is 70.1 Å². The number of amides is 1. The highest BCUT2D eigenvalue weighted by atomic mass is 79.9. The number of nitrogens with zero attached hydrogens (tertiary/aromatic N) is 3. The molecule has 1 saturated carbocycles. The first kappa shape index (κ1) is 20.6. The third kappa shape index (κ3) is 4.64. The maximum atomic E-state index is 12.9. The molecule has 148 valence electrons. The predicted molar refractivity (Wildman–Crippen MR) is 119 cm³/mol. The maximum absolute atomic E-state index is 12.9. The van der Waals surface area contributed by atoms with Gasteiger partial charge in [-0.3, -0.25) is 4.79 Å². The predicted octanol–water partition coefficient (Wildman–Crippen LogP) is 5.20. The van der Waals surface area contributed by atoms with Gasteiger partial charge in [0.2, 0.25) is 0 Å². The highest BCUT2D eigenvalue weighted by molar-refractivity contribution is 9.11. The molecule has 0 saturated heterocycles. The van der Waals surface area contributed by atoms with Crippen molar-refractivity contribution in [3.8, 4) is 0 Å². The number of carbonyl (C=O) groups is 1. The van der Waals surface area contributed by atoms with E-state index in [9.17, 15) is 4.79 Å². The Morgan fingerprint density at radius 2 is 2.07 bits per heavy atom. The highest BCUT2D eigenvalue weighted by Gasteiger charge is 2.29. The molecule has 1 amide bonds. The van der Waals surface area contributed by atoms with Crippen molar-refractivity contribution < 1.29 is 4.79 Å². The fourth-order valence-electron chi connectivity index (χ4n) is 3.84. The molecule has 1 atom stereocenters.